The molecular formula is C27H35Cl4N8O6P. The third-order valence-corrected chi connectivity index (χ3v) is 7.25. The molecule has 0 aliphatic carbocycles. The standard InChI is InChI=1S/C16H22N4O4.C11H13ClN4O.Cl3OP/c1-16(2,3)24-15(23)19-7-5-4-6-11(19)10-8-12-17-13(21)9-14(22)20(12)18-10;12-9-6-11(17)16-10(14-9)5-8(15-16)7-3-1-2-4-13-7;1-5(2,3)4/h8-9,11,22H,4-7H2,1-3H3,(H,17,21);5-7,13,15H,1-4H2;/t11-;7-;/m00./s1. The molecule has 6 rings (SSSR count). The Hall–Kier alpha value is -2.74. The van der Waals surface area contributed by atoms with E-state index < -0.39 is 16.4 Å². The number of aromatic hydroxyl groups is 1. The summed E-state index contributed by atoms with van der Waals surface area (Å²) >= 11 is 19.6. The molecule has 6 heterocycles. The predicted molar refractivity (Wildman–Crippen MR) is 178 cm³/mol. The number of carbonyl (C=O) groups is 1. The zero-order valence-corrected chi connectivity index (χ0v) is 29.2. The van der Waals surface area contributed by atoms with E-state index >= 15 is 0 Å². The van der Waals surface area contributed by atoms with E-state index in [2.05, 4.69) is 59.2 Å². The number of aromatic nitrogens is 6. The summed E-state index contributed by atoms with van der Waals surface area (Å²) in [5, 5.41) is 17.7. The van der Waals surface area contributed by atoms with Gasteiger partial charge in [-0.15, -0.1) is 0 Å². The van der Waals surface area contributed by atoms with Crippen molar-refractivity contribution in [3.63, 3.8) is 0 Å². The van der Waals surface area contributed by atoms with Crippen molar-refractivity contribution in [1.29, 1.82) is 0 Å². The highest BCUT2D eigenvalue weighted by molar-refractivity contribution is 8.24. The van der Waals surface area contributed by atoms with Crippen LogP contribution in [0.15, 0.2) is 33.9 Å². The Kier molecular flexibility index (Phi) is 11.8. The summed E-state index contributed by atoms with van der Waals surface area (Å²) in [4.78, 5) is 44.1. The quantitative estimate of drug-likeness (QED) is 0.132. The number of rotatable bonds is 2. The van der Waals surface area contributed by atoms with Crippen LogP contribution < -0.4 is 16.4 Å². The van der Waals surface area contributed by atoms with E-state index in [0.29, 0.717) is 23.5 Å². The summed E-state index contributed by atoms with van der Waals surface area (Å²) in [6, 6.07) is 5.99. The summed E-state index contributed by atoms with van der Waals surface area (Å²) in [5.41, 5.74) is 1.44. The first-order valence-electron chi connectivity index (χ1n) is 14.5. The number of carbonyl (C=O) groups excluding carboxylic acids is 1. The molecule has 4 N–H and O–H groups in total. The van der Waals surface area contributed by atoms with E-state index in [1.807, 2.05) is 26.8 Å². The Morgan fingerprint density at radius 3 is 2.41 bits per heavy atom. The zero-order valence-electron chi connectivity index (χ0n) is 25.3. The molecule has 2 aliphatic heterocycles. The fraction of sp³-hybridized carbons (Fsp3) is 0.519. The van der Waals surface area contributed by atoms with Crippen LogP contribution in [0.3, 0.4) is 0 Å². The van der Waals surface area contributed by atoms with Gasteiger partial charge in [-0.1, -0.05) is 18.0 Å². The SMILES string of the molecule is CC(C)(C)OC(=O)N1CCCC[C@H]1c1cc2[nH]c(=O)cc(O)n2n1.O=P(Cl)(Cl)Cl.O=c1cc(Cl)nc2cc([C@@H]3CCCCN3)[nH]n12. The maximum absolute atomic E-state index is 12.5. The van der Waals surface area contributed by atoms with Gasteiger partial charge in [0.05, 0.1) is 23.5 Å². The molecule has 2 fully saturated rings. The van der Waals surface area contributed by atoms with Gasteiger partial charge >= 0.3 is 11.3 Å². The van der Waals surface area contributed by atoms with E-state index in [0.717, 1.165) is 44.0 Å². The molecule has 252 valence electrons. The van der Waals surface area contributed by atoms with Crippen molar-refractivity contribution in [2.75, 3.05) is 13.1 Å². The highest BCUT2D eigenvalue weighted by Gasteiger charge is 2.33. The summed E-state index contributed by atoms with van der Waals surface area (Å²) in [6.45, 7) is 7.10. The molecule has 46 heavy (non-hydrogen) atoms. The number of hydrogen-bond donors (Lipinski definition) is 4. The highest BCUT2D eigenvalue weighted by Crippen LogP contribution is 2.61. The first-order valence-corrected chi connectivity index (χ1v) is 19.3. The van der Waals surface area contributed by atoms with Gasteiger partial charge in [0.1, 0.15) is 16.4 Å². The maximum Gasteiger partial charge on any atom is 0.410 e. The smallest absolute Gasteiger partial charge is 0.410 e. The topological polar surface area (TPSA) is 179 Å². The first kappa shape index (κ1) is 36.1. The average molecular weight is 740 g/mol. The molecule has 0 saturated carbocycles. The second-order valence-corrected chi connectivity index (χ2v) is 18.8. The molecule has 4 aromatic heterocycles. The third-order valence-electron chi connectivity index (χ3n) is 7.05. The lowest BCUT2D eigenvalue weighted by molar-refractivity contribution is 0.00897. The average Bonchev–Trinajstić information content (AvgIpc) is 3.57. The van der Waals surface area contributed by atoms with Crippen LogP contribution in [0, 0.1) is 0 Å². The van der Waals surface area contributed by atoms with Gasteiger partial charge in [-0.25, -0.2) is 14.3 Å². The molecule has 1 amide bonds. The molecule has 4 aromatic rings. The number of nitrogens with one attached hydrogen (secondary N) is 3. The molecule has 14 nitrogen and oxygen atoms in total. The van der Waals surface area contributed by atoms with Gasteiger partial charge in [0.15, 0.2) is 5.65 Å². The Balaban J connectivity index is 0.000000190. The van der Waals surface area contributed by atoms with Crippen molar-refractivity contribution in [3.05, 3.63) is 61.5 Å². The van der Waals surface area contributed by atoms with Crippen molar-refractivity contribution in [2.24, 2.45) is 0 Å². The number of H-pyrrole nitrogens is 2. The van der Waals surface area contributed by atoms with Crippen LogP contribution >= 0.6 is 50.5 Å². The first-order chi connectivity index (χ1) is 21.5. The molecule has 0 unspecified atom stereocenters. The lowest BCUT2D eigenvalue weighted by Gasteiger charge is -2.35. The Morgan fingerprint density at radius 2 is 1.76 bits per heavy atom. The number of aromatic amines is 2. The summed E-state index contributed by atoms with van der Waals surface area (Å²) in [7, 11) is 0. The van der Waals surface area contributed by atoms with Gasteiger partial charge in [-0.2, -0.15) is 9.61 Å². The monoisotopic (exact) mass is 738 g/mol. The molecule has 0 spiro atoms. The fourth-order valence-electron chi connectivity index (χ4n) is 5.22. The number of amides is 1. The number of hydrogen-bond acceptors (Lipinski definition) is 9. The molecule has 0 aromatic carbocycles. The Morgan fingerprint density at radius 1 is 1.07 bits per heavy atom. The van der Waals surface area contributed by atoms with E-state index in [4.69, 9.17) is 16.3 Å². The minimum absolute atomic E-state index is 0.179. The minimum atomic E-state index is -3.22. The highest BCUT2D eigenvalue weighted by atomic mass is 36.0. The predicted octanol–water partition coefficient (Wildman–Crippen LogP) is 6.49. The van der Waals surface area contributed by atoms with Gasteiger partial charge in [-0.05, 0) is 93.1 Å². The zero-order chi connectivity index (χ0) is 33.8. The second kappa shape index (κ2) is 15.0. The Bertz CT molecular complexity index is 1830. The molecule has 2 aliphatic rings. The molecule has 19 heteroatoms. The molecule has 2 atom stereocenters. The summed E-state index contributed by atoms with van der Waals surface area (Å²) < 4.78 is 17.7. The third kappa shape index (κ3) is 10.1. The second-order valence-electron chi connectivity index (χ2n) is 11.8. The van der Waals surface area contributed by atoms with Crippen LogP contribution in [-0.2, 0) is 9.30 Å². The fourth-order valence-corrected chi connectivity index (χ4v) is 5.40. The van der Waals surface area contributed by atoms with E-state index in [9.17, 15) is 24.1 Å². The van der Waals surface area contributed by atoms with E-state index in [-0.39, 0.29) is 34.8 Å². The molecular weight excluding hydrogens is 705 g/mol. The number of piperidine rings is 2. The summed E-state index contributed by atoms with van der Waals surface area (Å²) in [5.74, 6) is -0.236. The van der Waals surface area contributed by atoms with Crippen LogP contribution in [0.4, 0.5) is 4.79 Å². The lowest BCUT2D eigenvalue weighted by Crippen LogP contribution is -2.42. The van der Waals surface area contributed by atoms with Gasteiger partial charge < -0.3 is 20.1 Å². The largest absolute Gasteiger partial charge is 0.493 e. The van der Waals surface area contributed by atoms with Crippen LogP contribution in [-0.4, -0.2) is 64.0 Å². The summed E-state index contributed by atoms with van der Waals surface area (Å²) in [6.07, 6.45) is 5.76. The van der Waals surface area contributed by atoms with Gasteiger partial charge in [-0.3, -0.25) is 24.2 Å². The number of ether oxygens (including phenoxy) is 1. The van der Waals surface area contributed by atoms with Crippen molar-refractivity contribution >= 4 is 67.9 Å². The number of halogens is 4. The number of nitrogens with zero attached hydrogens (tertiary/aromatic N) is 5. The van der Waals surface area contributed by atoms with Gasteiger partial charge in [0.25, 0.3) is 11.1 Å². The number of fused-ring (bicyclic) bond motifs is 2. The van der Waals surface area contributed by atoms with Crippen LogP contribution in [0.2, 0.25) is 5.15 Å². The molecule has 2 saturated heterocycles. The lowest BCUT2D eigenvalue weighted by atomic mass is 10.00. The Labute approximate surface area is 283 Å². The number of likely N-dealkylation sites (tertiary alicyclic amines) is 1. The van der Waals surface area contributed by atoms with E-state index in [1.54, 1.807) is 11.0 Å². The molecule has 0 radical (unpaired) electrons. The van der Waals surface area contributed by atoms with Gasteiger partial charge in [0.2, 0.25) is 5.88 Å². The van der Waals surface area contributed by atoms with Crippen molar-refractivity contribution in [1.82, 2.24) is 39.4 Å². The van der Waals surface area contributed by atoms with Crippen LogP contribution in [0.25, 0.3) is 11.3 Å². The van der Waals surface area contributed by atoms with Gasteiger partial charge in [0, 0.05) is 30.8 Å². The van der Waals surface area contributed by atoms with Crippen molar-refractivity contribution < 1.29 is 19.2 Å². The van der Waals surface area contributed by atoms with Crippen molar-refractivity contribution in [3.8, 4) is 5.88 Å². The van der Waals surface area contributed by atoms with Crippen LogP contribution in [0.5, 0.6) is 5.88 Å². The molecule has 0 bridgehead atoms. The maximum atomic E-state index is 12.5. The minimum Gasteiger partial charge on any atom is -0.493 e. The van der Waals surface area contributed by atoms with Crippen molar-refractivity contribution in [2.45, 2.75) is 77.0 Å². The normalized spacial score (nSPS) is 18.8. The van der Waals surface area contributed by atoms with Crippen LogP contribution in [0.1, 0.15) is 82.8 Å². The van der Waals surface area contributed by atoms with E-state index in [1.165, 1.54) is 27.9 Å².